The first-order valence-corrected chi connectivity index (χ1v) is 8.43. The van der Waals surface area contributed by atoms with Crippen molar-refractivity contribution in [2.45, 2.75) is 18.9 Å². The lowest BCUT2D eigenvalue weighted by molar-refractivity contribution is 0.0924. The molecular weight excluding hydrogens is 297 g/mol. The van der Waals surface area contributed by atoms with Crippen molar-refractivity contribution < 1.29 is 17.6 Å². The fraction of sp³-hybridized carbons (Fsp3) is 0.462. The summed E-state index contributed by atoms with van der Waals surface area (Å²) in [5.74, 6) is -0.967. The number of nitrogen functional groups attached to an aromatic ring is 1. The Kier molecular flexibility index (Phi) is 4.48. The number of hydrogen-bond donors (Lipinski definition) is 2. The molecular formula is C13H18FN3O3S. The van der Waals surface area contributed by atoms with Crippen LogP contribution in [0.4, 0.5) is 10.1 Å². The van der Waals surface area contributed by atoms with Crippen LogP contribution in [0.25, 0.3) is 0 Å². The summed E-state index contributed by atoms with van der Waals surface area (Å²) in [5, 5.41) is 2.77. The van der Waals surface area contributed by atoms with Crippen molar-refractivity contribution in [3.8, 4) is 0 Å². The lowest BCUT2D eigenvalue weighted by atomic mass is 10.1. The summed E-state index contributed by atoms with van der Waals surface area (Å²) < 4.78 is 37.3. The predicted molar refractivity (Wildman–Crippen MR) is 77.7 cm³/mol. The number of hydrogen-bond acceptors (Lipinski definition) is 4. The predicted octanol–water partition coefficient (Wildman–Crippen LogP) is 0.562. The van der Waals surface area contributed by atoms with Gasteiger partial charge in [-0.2, -0.15) is 0 Å². The van der Waals surface area contributed by atoms with E-state index in [9.17, 15) is 17.6 Å². The third-order valence-electron chi connectivity index (χ3n) is 3.52. The molecule has 1 aliphatic rings. The minimum absolute atomic E-state index is 0.0977. The van der Waals surface area contributed by atoms with E-state index in [4.69, 9.17) is 5.73 Å². The SMILES string of the molecule is CS(=O)(=O)N1CCC(NC(=O)c2cc(F)ccc2N)CC1. The van der Waals surface area contributed by atoms with E-state index >= 15 is 0 Å². The van der Waals surface area contributed by atoms with Crippen LogP contribution in [-0.2, 0) is 10.0 Å². The van der Waals surface area contributed by atoms with Crippen LogP contribution in [0, 0.1) is 5.82 Å². The first-order valence-electron chi connectivity index (χ1n) is 6.58. The smallest absolute Gasteiger partial charge is 0.253 e. The van der Waals surface area contributed by atoms with Gasteiger partial charge in [0.05, 0.1) is 11.8 Å². The van der Waals surface area contributed by atoms with Crippen LogP contribution in [0.5, 0.6) is 0 Å². The molecule has 1 saturated heterocycles. The van der Waals surface area contributed by atoms with Crippen molar-refractivity contribution in [3.63, 3.8) is 0 Å². The summed E-state index contributed by atoms with van der Waals surface area (Å²) in [7, 11) is -3.19. The standard InChI is InChI=1S/C13H18FN3O3S/c1-21(19,20)17-6-4-10(5-7-17)16-13(18)11-8-9(14)2-3-12(11)15/h2-3,8,10H,4-7,15H2,1H3,(H,16,18). The van der Waals surface area contributed by atoms with E-state index in [1.165, 1.54) is 22.7 Å². The van der Waals surface area contributed by atoms with Gasteiger partial charge in [-0.3, -0.25) is 4.79 Å². The zero-order chi connectivity index (χ0) is 15.6. The summed E-state index contributed by atoms with van der Waals surface area (Å²) in [6, 6.07) is 3.49. The molecule has 3 N–H and O–H groups in total. The second kappa shape index (κ2) is 5.98. The molecule has 21 heavy (non-hydrogen) atoms. The maximum Gasteiger partial charge on any atom is 0.253 e. The van der Waals surface area contributed by atoms with Crippen LogP contribution in [-0.4, -0.2) is 44.0 Å². The molecule has 0 spiro atoms. The first-order chi connectivity index (χ1) is 9.77. The molecule has 0 aliphatic carbocycles. The number of rotatable bonds is 3. The highest BCUT2D eigenvalue weighted by atomic mass is 32.2. The molecule has 0 radical (unpaired) electrons. The fourth-order valence-corrected chi connectivity index (χ4v) is 3.19. The van der Waals surface area contributed by atoms with E-state index in [-0.39, 0.29) is 17.3 Å². The maximum absolute atomic E-state index is 13.2. The Morgan fingerprint density at radius 3 is 2.57 bits per heavy atom. The molecule has 0 unspecified atom stereocenters. The van der Waals surface area contributed by atoms with E-state index < -0.39 is 21.7 Å². The fourth-order valence-electron chi connectivity index (χ4n) is 2.32. The van der Waals surface area contributed by atoms with Crippen LogP contribution in [0.2, 0.25) is 0 Å². The van der Waals surface area contributed by atoms with Crippen molar-refractivity contribution in [2.24, 2.45) is 0 Å². The normalized spacial score (nSPS) is 17.6. The van der Waals surface area contributed by atoms with Gasteiger partial charge >= 0.3 is 0 Å². The molecule has 1 aromatic carbocycles. The highest BCUT2D eigenvalue weighted by Gasteiger charge is 2.26. The van der Waals surface area contributed by atoms with Gasteiger partial charge in [-0.15, -0.1) is 0 Å². The molecule has 2 rings (SSSR count). The van der Waals surface area contributed by atoms with Gasteiger partial charge < -0.3 is 11.1 Å². The van der Waals surface area contributed by atoms with Gasteiger partial charge in [0.2, 0.25) is 10.0 Å². The number of benzene rings is 1. The molecule has 8 heteroatoms. The molecule has 1 heterocycles. The highest BCUT2D eigenvalue weighted by molar-refractivity contribution is 7.88. The van der Waals surface area contributed by atoms with Crippen LogP contribution in [0.3, 0.4) is 0 Å². The van der Waals surface area contributed by atoms with Crippen LogP contribution < -0.4 is 11.1 Å². The summed E-state index contributed by atoms with van der Waals surface area (Å²) in [6.07, 6.45) is 2.21. The van der Waals surface area contributed by atoms with Gasteiger partial charge in [0.25, 0.3) is 5.91 Å². The van der Waals surface area contributed by atoms with Crippen molar-refractivity contribution in [1.29, 1.82) is 0 Å². The lowest BCUT2D eigenvalue weighted by Gasteiger charge is -2.30. The van der Waals surface area contributed by atoms with E-state index in [0.29, 0.717) is 25.9 Å². The minimum atomic E-state index is -3.19. The Bertz CT molecular complexity index is 640. The zero-order valence-electron chi connectivity index (χ0n) is 11.7. The topological polar surface area (TPSA) is 92.5 Å². The van der Waals surface area contributed by atoms with Crippen molar-refractivity contribution >= 4 is 21.6 Å². The number of nitrogens with two attached hydrogens (primary N) is 1. The van der Waals surface area contributed by atoms with Crippen LogP contribution in [0.1, 0.15) is 23.2 Å². The number of nitrogens with zero attached hydrogens (tertiary/aromatic N) is 1. The lowest BCUT2D eigenvalue weighted by Crippen LogP contribution is -2.46. The van der Waals surface area contributed by atoms with Crippen molar-refractivity contribution in [2.75, 3.05) is 25.1 Å². The molecule has 1 aliphatic heterocycles. The number of nitrogens with one attached hydrogen (secondary N) is 1. The maximum atomic E-state index is 13.2. The third-order valence-corrected chi connectivity index (χ3v) is 4.82. The van der Waals surface area contributed by atoms with E-state index in [0.717, 1.165) is 6.07 Å². The summed E-state index contributed by atoms with van der Waals surface area (Å²) >= 11 is 0. The number of sulfonamides is 1. The molecule has 1 fully saturated rings. The molecule has 1 amide bonds. The Morgan fingerprint density at radius 1 is 1.38 bits per heavy atom. The second-order valence-electron chi connectivity index (χ2n) is 5.14. The van der Waals surface area contributed by atoms with Gasteiger partial charge in [0.1, 0.15) is 5.82 Å². The molecule has 0 bridgehead atoms. The van der Waals surface area contributed by atoms with E-state index in [1.807, 2.05) is 0 Å². The Labute approximate surface area is 123 Å². The van der Waals surface area contributed by atoms with E-state index in [1.54, 1.807) is 0 Å². The van der Waals surface area contributed by atoms with Gasteiger partial charge in [0.15, 0.2) is 0 Å². The first kappa shape index (κ1) is 15.7. The minimum Gasteiger partial charge on any atom is -0.398 e. The van der Waals surface area contributed by atoms with Gasteiger partial charge in [0, 0.05) is 24.8 Å². The van der Waals surface area contributed by atoms with Gasteiger partial charge in [-0.25, -0.2) is 17.1 Å². The summed E-state index contributed by atoms with van der Waals surface area (Å²) in [4.78, 5) is 12.1. The molecule has 6 nitrogen and oxygen atoms in total. The van der Waals surface area contributed by atoms with Gasteiger partial charge in [-0.1, -0.05) is 0 Å². The number of amides is 1. The molecule has 0 aromatic heterocycles. The van der Waals surface area contributed by atoms with Crippen LogP contribution in [0.15, 0.2) is 18.2 Å². The number of carbonyl (C=O) groups is 1. The second-order valence-corrected chi connectivity index (χ2v) is 7.12. The summed E-state index contributed by atoms with van der Waals surface area (Å²) in [5.41, 5.74) is 5.97. The quantitative estimate of drug-likeness (QED) is 0.797. The van der Waals surface area contributed by atoms with Crippen molar-refractivity contribution in [3.05, 3.63) is 29.6 Å². The molecule has 0 atom stereocenters. The number of carbonyl (C=O) groups excluding carboxylic acids is 1. The Morgan fingerprint density at radius 2 is 2.00 bits per heavy atom. The monoisotopic (exact) mass is 315 g/mol. The largest absolute Gasteiger partial charge is 0.398 e. The Balaban J connectivity index is 1.97. The number of anilines is 1. The molecule has 116 valence electrons. The zero-order valence-corrected chi connectivity index (χ0v) is 12.5. The third kappa shape index (κ3) is 3.92. The average molecular weight is 315 g/mol. The van der Waals surface area contributed by atoms with E-state index in [2.05, 4.69) is 5.32 Å². The number of halogens is 1. The number of piperidine rings is 1. The van der Waals surface area contributed by atoms with Crippen molar-refractivity contribution in [1.82, 2.24) is 9.62 Å². The molecule has 0 saturated carbocycles. The Hall–Kier alpha value is -1.67. The summed E-state index contributed by atoms with van der Waals surface area (Å²) in [6.45, 7) is 0.727. The van der Waals surface area contributed by atoms with Crippen LogP contribution >= 0.6 is 0 Å². The highest BCUT2D eigenvalue weighted by Crippen LogP contribution is 2.16. The van der Waals surface area contributed by atoms with Gasteiger partial charge in [-0.05, 0) is 31.0 Å². The average Bonchev–Trinajstić information content (AvgIpc) is 2.41. The molecule has 1 aromatic rings.